The Kier molecular flexibility index (Phi) is 6.20. The second-order valence-corrected chi connectivity index (χ2v) is 8.70. The summed E-state index contributed by atoms with van der Waals surface area (Å²) >= 11 is 0. The number of pyridine rings is 1. The Balaban J connectivity index is 1.50. The molecule has 2 aromatic heterocycles. The molecule has 6 nitrogen and oxygen atoms in total. The lowest BCUT2D eigenvalue weighted by Gasteiger charge is -2.12. The molecule has 1 N–H and O–H groups in total. The van der Waals surface area contributed by atoms with Crippen LogP contribution in [0.5, 0.6) is 0 Å². The normalized spacial score (nSPS) is 10.9. The minimum atomic E-state index is -0.725. The van der Waals surface area contributed by atoms with Crippen LogP contribution in [0, 0.1) is 36.8 Å². The molecule has 0 spiro atoms. The van der Waals surface area contributed by atoms with Crippen LogP contribution in [-0.2, 0) is 6.54 Å². The van der Waals surface area contributed by atoms with Gasteiger partial charge in [-0.3, -0.25) is 9.48 Å². The Bertz CT molecular complexity index is 1680. The first-order chi connectivity index (χ1) is 17.8. The van der Waals surface area contributed by atoms with Crippen LogP contribution in [0.4, 0.5) is 14.5 Å². The molecule has 5 aromatic rings. The monoisotopic (exact) mass is 493 g/mol. The number of nitrogens with one attached hydrogen (secondary N) is 1. The van der Waals surface area contributed by atoms with Crippen molar-refractivity contribution in [3.63, 3.8) is 0 Å². The van der Waals surface area contributed by atoms with E-state index in [1.165, 1.54) is 18.2 Å². The summed E-state index contributed by atoms with van der Waals surface area (Å²) < 4.78 is 29.6. The van der Waals surface area contributed by atoms with Crippen molar-refractivity contribution in [3.8, 4) is 17.3 Å². The molecule has 8 heteroatoms. The number of nitrogens with zero attached hydrogens (tertiary/aromatic N) is 4. The number of benzene rings is 3. The third-order valence-electron chi connectivity index (χ3n) is 6.15. The fraction of sp³-hybridized carbons (Fsp3) is 0.103. The number of aryl methyl sites for hydroxylation is 1. The van der Waals surface area contributed by atoms with E-state index in [9.17, 15) is 13.6 Å². The van der Waals surface area contributed by atoms with Crippen molar-refractivity contribution in [1.82, 2.24) is 14.8 Å². The number of aromatic nitrogens is 3. The van der Waals surface area contributed by atoms with Gasteiger partial charge in [0, 0.05) is 17.0 Å². The topological polar surface area (TPSA) is 83.6 Å². The number of nitriles is 1. The fourth-order valence-corrected chi connectivity index (χ4v) is 4.28. The Morgan fingerprint density at radius 3 is 2.41 bits per heavy atom. The summed E-state index contributed by atoms with van der Waals surface area (Å²) in [6.07, 6.45) is 0. The minimum absolute atomic E-state index is 0.236. The number of hydrogen-bond acceptors (Lipinski definition) is 4. The van der Waals surface area contributed by atoms with E-state index in [1.807, 2.05) is 26.0 Å². The van der Waals surface area contributed by atoms with Crippen LogP contribution >= 0.6 is 0 Å². The SMILES string of the molecule is Cc1nn(Cc2ccc(C#N)cc2)c(C)c1NC(=O)c1cc(-c2cc(F)cc(F)c2)nc2ccccc12. The molecule has 182 valence electrons. The van der Waals surface area contributed by atoms with Crippen LogP contribution in [0.2, 0.25) is 0 Å². The van der Waals surface area contributed by atoms with Gasteiger partial charge >= 0.3 is 0 Å². The summed E-state index contributed by atoms with van der Waals surface area (Å²) in [6.45, 7) is 4.15. The second kappa shape index (κ2) is 9.63. The number of hydrogen-bond donors (Lipinski definition) is 1. The maximum absolute atomic E-state index is 13.9. The highest BCUT2D eigenvalue weighted by atomic mass is 19.1. The summed E-state index contributed by atoms with van der Waals surface area (Å²) in [7, 11) is 0. The molecule has 1 amide bonds. The molecule has 0 bridgehead atoms. The average Bonchev–Trinajstić information content (AvgIpc) is 3.15. The number of para-hydroxylation sites is 1. The van der Waals surface area contributed by atoms with E-state index in [1.54, 1.807) is 41.1 Å². The van der Waals surface area contributed by atoms with Gasteiger partial charge in [-0.05, 0) is 55.8 Å². The Hall–Kier alpha value is -4.90. The lowest BCUT2D eigenvalue weighted by molar-refractivity contribution is 0.102. The molecule has 3 aromatic carbocycles. The molecule has 2 heterocycles. The summed E-state index contributed by atoms with van der Waals surface area (Å²) in [5.41, 5.74) is 4.91. The minimum Gasteiger partial charge on any atom is -0.319 e. The average molecular weight is 494 g/mol. The van der Waals surface area contributed by atoms with Gasteiger partial charge in [0.25, 0.3) is 5.91 Å². The number of carbonyl (C=O) groups is 1. The van der Waals surface area contributed by atoms with Crippen molar-refractivity contribution in [2.45, 2.75) is 20.4 Å². The van der Waals surface area contributed by atoms with Crippen LogP contribution in [0.15, 0.2) is 72.8 Å². The Morgan fingerprint density at radius 2 is 1.70 bits per heavy atom. The van der Waals surface area contributed by atoms with Gasteiger partial charge in [-0.2, -0.15) is 10.4 Å². The molecule has 0 atom stereocenters. The van der Waals surface area contributed by atoms with Crippen molar-refractivity contribution in [1.29, 1.82) is 5.26 Å². The first kappa shape index (κ1) is 23.8. The van der Waals surface area contributed by atoms with Gasteiger partial charge in [-0.15, -0.1) is 0 Å². The molecule has 0 aliphatic carbocycles. The van der Waals surface area contributed by atoms with E-state index in [0.717, 1.165) is 17.3 Å². The Morgan fingerprint density at radius 1 is 1.00 bits per heavy atom. The van der Waals surface area contributed by atoms with E-state index in [4.69, 9.17) is 5.26 Å². The second-order valence-electron chi connectivity index (χ2n) is 8.70. The molecule has 37 heavy (non-hydrogen) atoms. The van der Waals surface area contributed by atoms with Crippen molar-refractivity contribution in [2.24, 2.45) is 0 Å². The third-order valence-corrected chi connectivity index (χ3v) is 6.15. The molecule has 0 saturated heterocycles. The highest BCUT2D eigenvalue weighted by Gasteiger charge is 2.19. The van der Waals surface area contributed by atoms with Crippen molar-refractivity contribution >= 4 is 22.5 Å². The van der Waals surface area contributed by atoms with E-state index < -0.39 is 11.6 Å². The van der Waals surface area contributed by atoms with Gasteiger partial charge in [-0.1, -0.05) is 30.3 Å². The summed E-state index contributed by atoms with van der Waals surface area (Å²) in [4.78, 5) is 18.1. The predicted octanol–water partition coefficient (Wildman–Crippen LogP) is 6.17. The third kappa shape index (κ3) is 4.80. The van der Waals surface area contributed by atoms with E-state index in [0.29, 0.717) is 40.0 Å². The zero-order valence-corrected chi connectivity index (χ0v) is 20.1. The highest BCUT2D eigenvalue weighted by Crippen LogP contribution is 2.28. The largest absolute Gasteiger partial charge is 0.319 e. The molecule has 0 saturated carbocycles. The van der Waals surface area contributed by atoms with Crippen molar-refractivity contribution in [2.75, 3.05) is 5.32 Å². The molecule has 0 aliphatic heterocycles. The van der Waals surface area contributed by atoms with E-state index in [-0.39, 0.29) is 17.2 Å². The quantitative estimate of drug-likeness (QED) is 0.318. The van der Waals surface area contributed by atoms with Crippen molar-refractivity contribution < 1.29 is 13.6 Å². The molecule has 0 unspecified atom stereocenters. The van der Waals surface area contributed by atoms with Crippen molar-refractivity contribution in [3.05, 3.63) is 113 Å². The standard InChI is InChI=1S/C29H21F2N5O/c1-17-28(18(2)36(35-17)16-20-9-7-19(15-32)8-10-20)34-29(37)25-14-27(21-11-22(30)13-23(31)12-21)33-26-6-4-3-5-24(25)26/h3-14H,16H2,1-2H3,(H,34,37). The van der Waals surface area contributed by atoms with Crippen LogP contribution < -0.4 is 5.32 Å². The highest BCUT2D eigenvalue weighted by molar-refractivity contribution is 6.13. The maximum Gasteiger partial charge on any atom is 0.256 e. The fourth-order valence-electron chi connectivity index (χ4n) is 4.28. The van der Waals surface area contributed by atoms with Crippen LogP contribution in [0.25, 0.3) is 22.2 Å². The number of fused-ring (bicyclic) bond motifs is 1. The molecule has 0 aliphatic rings. The lowest BCUT2D eigenvalue weighted by Crippen LogP contribution is -2.14. The van der Waals surface area contributed by atoms with Gasteiger partial charge in [0.15, 0.2) is 0 Å². The molecule has 5 rings (SSSR count). The summed E-state index contributed by atoms with van der Waals surface area (Å²) in [6, 6.07) is 21.1. The smallest absolute Gasteiger partial charge is 0.256 e. The number of amides is 1. The van der Waals surface area contributed by atoms with E-state index >= 15 is 0 Å². The molecule has 0 radical (unpaired) electrons. The number of rotatable bonds is 5. The predicted molar refractivity (Wildman–Crippen MR) is 137 cm³/mol. The summed E-state index contributed by atoms with van der Waals surface area (Å²) in [5.74, 6) is -1.84. The number of carbonyl (C=O) groups excluding carboxylic acids is 1. The van der Waals surface area contributed by atoms with Gasteiger partial charge < -0.3 is 5.32 Å². The first-order valence-corrected chi connectivity index (χ1v) is 11.5. The van der Waals surface area contributed by atoms with Crippen LogP contribution in [0.1, 0.15) is 32.9 Å². The first-order valence-electron chi connectivity index (χ1n) is 11.5. The van der Waals surface area contributed by atoms with Gasteiger partial charge in [0.2, 0.25) is 0 Å². The molecular weight excluding hydrogens is 472 g/mol. The van der Waals surface area contributed by atoms with Gasteiger partial charge in [-0.25, -0.2) is 13.8 Å². The zero-order valence-electron chi connectivity index (χ0n) is 20.1. The Labute approximate surface area is 211 Å². The molecule has 0 fully saturated rings. The number of anilines is 1. The maximum atomic E-state index is 13.9. The summed E-state index contributed by atoms with van der Waals surface area (Å²) in [5, 5.41) is 17.2. The lowest BCUT2D eigenvalue weighted by atomic mass is 10.0. The number of halogens is 2. The van der Waals surface area contributed by atoms with Gasteiger partial charge in [0.1, 0.15) is 11.6 Å². The van der Waals surface area contributed by atoms with Gasteiger partial charge in [0.05, 0.1) is 52.0 Å². The van der Waals surface area contributed by atoms with E-state index in [2.05, 4.69) is 21.5 Å². The molecular formula is C29H21F2N5O. The van der Waals surface area contributed by atoms with Crippen LogP contribution in [-0.4, -0.2) is 20.7 Å². The zero-order chi connectivity index (χ0) is 26.1. The van der Waals surface area contributed by atoms with Crippen LogP contribution in [0.3, 0.4) is 0 Å².